The van der Waals surface area contributed by atoms with E-state index in [1.807, 2.05) is 18.2 Å². The third-order valence-electron chi connectivity index (χ3n) is 4.03. The summed E-state index contributed by atoms with van der Waals surface area (Å²) >= 11 is 0. The Morgan fingerprint density at radius 3 is 2.50 bits per heavy atom. The lowest BCUT2D eigenvalue weighted by Gasteiger charge is -2.23. The fourth-order valence-corrected chi connectivity index (χ4v) is 3.37. The van der Waals surface area contributed by atoms with Gasteiger partial charge in [-0.05, 0) is 31.9 Å². The van der Waals surface area contributed by atoms with Crippen molar-refractivity contribution in [2.24, 2.45) is 0 Å². The molecule has 124 valence electrons. The molecule has 0 unspecified atom stereocenters. The number of para-hydroxylation sites is 1. The number of methoxy groups -OCH3 is 1. The highest BCUT2D eigenvalue weighted by Crippen LogP contribution is 2.30. The molecule has 1 aromatic rings. The number of benzene rings is 1. The van der Waals surface area contributed by atoms with Gasteiger partial charge >= 0.3 is 0 Å². The molecule has 0 heterocycles. The molecule has 0 bridgehead atoms. The Morgan fingerprint density at radius 2 is 1.91 bits per heavy atom. The molecule has 1 fully saturated rings. The first-order valence-corrected chi connectivity index (χ1v) is 9.31. The summed E-state index contributed by atoms with van der Waals surface area (Å²) in [5.74, 6) is 1.10. The zero-order valence-electron chi connectivity index (χ0n) is 13.7. The molecule has 1 aromatic carbocycles. The van der Waals surface area contributed by atoms with Crippen LogP contribution in [0, 0.1) is 0 Å². The molecule has 0 aliphatic heterocycles. The molecule has 0 saturated heterocycles. The number of hydrogen-bond acceptors (Lipinski definition) is 4. The molecular formula is C16H26N2O3S. The number of sulfonamides is 1. The average molecular weight is 326 g/mol. The van der Waals surface area contributed by atoms with Crippen LogP contribution in [0.5, 0.6) is 5.75 Å². The second-order valence-corrected chi connectivity index (χ2v) is 8.27. The standard InChI is InChI=1S/C16H26N2O3S/c1-17(2)22(19,20)12-6-11-18(15-9-10-15)13-14-7-4-5-8-16(14)21-3/h4-5,7-8,15H,6,9-13H2,1-3H3. The van der Waals surface area contributed by atoms with Gasteiger partial charge in [-0.3, -0.25) is 4.90 Å². The maximum atomic E-state index is 11.8. The van der Waals surface area contributed by atoms with Crippen LogP contribution >= 0.6 is 0 Å². The van der Waals surface area contributed by atoms with Crippen LogP contribution in [0.25, 0.3) is 0 Å². The molecule has 0 atom stereocenters. The van der Waals surface area contributed by atoms with Gasteiger partial charge in [0.25, 0.3) is 0 Å². The summed E-state index contributed by atoms with van der Waals surface area (Å²) in [6, 6.07) is 8.61. The zero-order valence-corrected chi connectivity index (χ0v) is 14.5. The van der Waals surface area contributed by atoms with Crippen LogP contribution in [-0.4, -0.2) is 57.2 Å². The van der Waals surface area contributed by atoms with Crippen molar-refractivity contribution >= 4 is 10.0 Å². The monoisotopic (exact) mass is 326 g/mol. The Morgan fingerprint density at radius 1 is 1.23 bits per heavy atom. The van der Waals surface area contributed by atoms with E-state index in [4.69, 9.17) is 4.74 Å². The van der Waals surface area contributed by atoms with Crippen molar-refractivity contribution in [1.29, 1.82) is 0 Å². The van der Waals surface area contributed by atoms with Crippen molar-refractivity contribution in [2.75, 3.05) is 33.5 Å². The van der Waals surface area contributed by atoms with E-state index in [0.29, 0.717) is 12.5 Å². The minimum absolute atomic E-state index is 0.204. The van der Waals surface area contributed by atoms with Crippen molar-refractivity contribution in [3.63, 3.8) is 0 Å². The van der Waals surface area contributed by atoms with E-state index < -0.39 is 10.0 Å². The van der Waals surface area contributed by atoms with Crippen LogP contribution in [0.4, 0.5) is 0 Å². The summed E-state index contributed by atoms with van der Waals surface area (Å²) in [4.78, 5) is 2.38. The second-order valence-electron chi connectivity index (χ2n) is 5.97. The molecular weight excluding hydrogens is 300 g/mol. The minimum Gasteiger partial charge on any atom is -0.496 e. The van der Waals surface area contributed by atoms with Gasteiger partial charge in [0.2, 0.25) is 10.0 Å². The Balaban J connectivity index is 1.94. The zero-order chi connectivity index (χ0) is 16.2. The maximum Gasteiger partial charge on any atom is 0.213 e. The first kappa shape index (κ1) is 17.2. The van der Waals surface area contributed by atoms with Crippen molar-refractivity contribution in [3.05, 3.63) is 29.8 Å². The maximum absolute atomic E-state index is 11.8. The summed E-state index contributed by atoms with van der Waals surface area (Å²) in [6.45, 7) is 1.62. The highest BCUT2D eigenvalue weighted by molar-refractivity contribution is 7.89. The lowest BCUT2D eigenvalue weighted by molar-refractivity contribution is 0.251. The molecule has 1 aliphatic rings. The first-order valence-electron chi connectivity index (χ1n) is 7.70. The van der Waals surface area contributed by atoms with Gasteiger partial charge in [-0.1, -0.05) is 18.2 Å². The minimum atomic E-state index is -3.10. The number of hydrogen-bond donors (Lipinski definition) is 0. The summed E-state index contributed by atoms with van der Waals surface area (Å²) in [5, 5.41) is 0. The summed E-state index contributed by atoms with van der Waals surface area (Å²) < 4.78 is 30.4. The van der Waals surface area contributed by atoms with Crippen LogP contribution in [0.1, 0.15) is 24.8 Å². The third kappa shape index (κ3) is 4.69. The second kappa shape index (κ2) is 7.44. The lowest BCUT2D eigenvalue weighted by Crippen LogP contribution is -2.31. The van der Waals surface area contributed by atoms with Crippen molar-refractivity contribution in [1.82, 2.24) is 9.21 Å². The largest absolute Gasteiger partial charge is 0.496 e. The van der Waals surface area contributed by atoms with Crippen molar-refractivity contribution in [3.8, 4) is 5.75 Å². The van der Waals surface area contributed by atoms with Crippen molar-refractivity contribution < 1.29 is 13.2 Å². The van der Waals surface area contributed by atoms with Gasteiger partial charge in [-0.15, -0.1) is 0 Å². The highest BCUT2D eigenvalue weighted by atomic mass is 32.2. The molecule has 0 radical (unpaired) electrons. The van der Waals surface area contributed by atoms with Gasteiger partial charge in [0.05, 0.1) is 12.9 Å². The van der Waals surface area contributed by atoms with E-state index in [0.717, 1.165) is 24.4 Å². The summed E-state index contributed by atoms with van der Waals surface area (Å²) in [6.07, 6.45) is 3.07. The van der Waals surface area contributed by atoms with E-state index in [-0.39, 0.29) is 5.75 Å². The van der Waals surface area contributed by atoms with Crippen LogP contribution in [0.15, 0.2) is 24.3 Å². The fraction of sp³-hybridized carbons (Fsp3) is 0.625. The topological polar surface area (TPSA) is 49.9 Å². The average Bonchev–Trinajstić information content (AvgIpc) is 3.31. The Hall–Kier alpha value is -1.11. The quantitative estimate of drug-likeness (QED) is 0.696. The fourth-order valence-electron chi connectivity index (χ4n) is 2.52. The van der Waals surface area contributed by atoms with Gasteiger partial charge in [0, 0.05) is 32.2 Å². The van der Waals surface area contributed by atoms with Gasteiger partial charge in [-0.25, -0.2) is 12.7 Å². The molecule has 6 heteroatoms. The molecule has 1 saturated carbocycles. The van der Waals surface area contributed by atoms with Gasteiger partial charge < -0.3 is 4.74 Å². The van der Waals surface area contributed by atoms with Gasteiger partial charge in [0.15, 0.2) is 0 Å². The van der Waals surface area contributed by atoms with E-state index >= 15 is 0 Å². The smallest absolute Gasteiger partial charge is 0.213 e. The number of ether oxygens (including phenoxy) is 1. The number of rotatable bonds is 9. The first-order chi connectivity index (χ1) is 10.4. The van der Waals surface area contributed by atoms with E-state index in [1.165, 1.54) is 17.1 Å². The van der Waals surface area contributed by atoms with Crippen LogP contribution < -0.4 is 4.74 Å². The molecule has 0 amide bonds. The molecule has 1 aliphatic carbocycles. The molecule has 0 aromatic heterocycles. The predicted octanol–water partition coefficient (Wildman–Crippen LogP) is 1.94. The van der Waals surface area contributed by atoms with E-state index in [2.05, 4.69) is 11.0 Å². The lowest BCUT2D eigenvalue weighted by atomic mass is 10.2. The SMILES string of the molecule is COc1ccccc1CN(CCCS(=O)(=O)N(C)C)C1CC1. The molecule has 5 nitrogen and oxygen atoms in total. The van der Waals surface area contributed by atoms with E-state index in [9.17, 15) is 8.42 Å². The summed E-state index contributed by atoms with van der Waals surface area (Å²) in [7, 11) is 1.75. The third-order valence-corrected chi connectivity index (χ3v) is 5.95. The number of nitrogens with zero attached hydrogens (tertiary/aromatic N) is 2. The molecule has 0 N–H and O–H groups in total. The molecule has 22 heavy (non-hydrogen) atoms. The Kier molecular flexibility index (Phi) is 5.83. The molecule has 2 rings (SSSR count). The molecule has 0 spiro atoms. The highest BCUT2D eigenvalue weighted by Gasteiger charge is 2.29. The van der Waals surface area contributed by atoms with E-state index in [1.54, 1.807) is 21.2 Å². The summed E-state index contributed by atoms with van der Waals surface area (Å²) in [5.41, 5.74) is 1.16. The van der Waals surface area contributed by atoms with Crippen LogP contribution in [0.3, 0.4) is 0 Å². The normalized spacial score (nSPS) is 15.5. The van der Waals surface area contributed by atoms with Crippen LogP contribution in [-0.2, 0) is 16.6 Å². The van der Waals surface area contributed by atoms with Crippen LogP contribution in [0.2, 0.25) is 0 Å². The van der Waals surface area contributed by atoms with Crippen molar-refractivity contribution in [2.45, 2.75) is 31.8 Å². The van der Waals surface area contributed by atoms with Gasteiger partial charge in [-0.2, -0.15) is 0 Å². The predicted molar refractivity (Wildman–Crippen MR) is 88.5 cm³/mol. The van der Waals surface area contributed by atoms with Gasteiger partial charge in [0.1, 0.15) is 5.75 Å². The Labute approximate surface area is 133 Å². The Bertz CT molecular complexity index is 583.